The Kier molecular flexibility index (Phi) is 2.31. The van der Waals surface area contributed by atoms with Crippen molar-refractivity contribution in [1.29, 1.82) is 5.26 Å². The third-order valence-electron chi connectivity index (χ3n) is 4.62. The Morgan fingerprint density at radius 3 is 2.36 bits per heavy atom. The monoisotopic (exact) mass is 192 g/mol. The van der Waals surface area contributed by atoms with Crippen molar-refractivity contribution in [2.75, 3.05) is 14.1 Å². The fourth-order valence-electron chi connectivity index (χ4n) is 3.45. The van der Waals surface area contributed by atoms with E-state index in [9.17, 15) is 5.26 Å². The van der Waals surface area contributed by atoms with Crippen LogP contribution in [-0.2, 0) is 0 Å². The molecule has 78 valence electrons. The van der Waals surface area contributed by atoms with Crippen LogP contribution in [0, 0.1) is 29.1 Å². The number of nitriles is 1. The van der Waals surface area contributed by atoms with Gasteiger partial charge in [0.15, 0.2) is 0 Å². The predicted octanol–water partition coefficient (Wildman–Crippen LogP) is 2.27. The van der Waals surface area contributed by atoms with Gasteiger partial charge in [-0.25, -0.2) is 0 Å². The molecule has 0 radical (unpaired) electrons. The fraction of sp³-hybridized carbons (Fsp3) is 0.917. The molecule has 2 fully saturated rings. The molecule has 2 heteroatoms. The van der Waals surface area contributed by atoms with Gasteiger partial charge in [0.2, 0.25) is 0 Å². The molecule has 4 atom stereocenters. The van der Waals surface area contributed by atoms with Crippen molar-refractivity contribution in [3.05, 3.63) is 0 Å². The van der Waals surface area contributed by atoms with Crippen LogP contribution in [0.5, 0.6) is 0 Å². The molecule has 0 N–H and O–H groups in total. The molecule has 0 aromatic carbocycles. The number of hydrogen-bond donors (Lipinski definition) is 0. The largest absolute Gasteiger partial charge is 0.292 e. The van der Waals surface area contributed by atoms with E-state index in [0.717, 1.165) is 11.8 Å². The first kappa shape index (κ1) is 9.98. The van der Waals surface area contributed by atoms with Crippen LogP contribution in [-0.4, -0.2) is 24.5 Å². The van der Waals surface area contributed by atoms with E-state index >= 15 is 0 Å². The highest BCUT2D eigenvalue weighted by atomic mass is 15.1. The quantitative estimate of drug-likeness (QED) is 0.671. The second-order valence-corrected chi connectivity index (χ2v) is 5.44. The van der Waals surface area contributed by atoms with Crippen LogP contribution in [0.3, 0.4) is 0 Å². The van der Waals surface area contributed by atoms with Crippen molar-refractivity contribution in [1.82, 2.24) is 4.90 Å². The van der Waals surface area contributed by atoms with E-state index in [1.165, 1.54) is 25.7 Å². The average molecular weight is 192 g/mol. The van der Waals surface area contributed by atoms with Crippen LogP contribution in [0.25, 0.3) is 0 Å². The van der Waals surface area contributed by atoms with E-state index in [-0.39, 0.29) is 5.54 Å². The first-order valence-electron chi connectivity index (χ1n) is 5.66. The highest BCUT2D eigenvalue weighted by Crippen LogP contribution is 2.52. The molecule has 0 aromatic heterocycles. The normalized spacial score (nSPS) is 39.8. The van der Waals surface area contributed by atoms with E-state index in [1.54, 1.807) is 0 Å². The molecule has 0 spiro atoms. The lowest BCUT2D eigenvalue weighted by atomic mass is 9.75. The van der Waals surface area contributed by atoms with Gasteiger partial charge in [-0.05, 0) is 58.0 Å². The first-order valence-corrected chi connectivity index (χ1v) is 5.66. The van der Waals surface area contributed by atoms with Crippen LogP contribution in [0.2, 0.25) is 0 Å². The lowest BCUT2D eigenvalue weighted by Crippen LogP contribution is -2.48. The fourth-order valence-corrected chi connectivity index (χ4v) is 3.45. The maximum atomic E-state index is 9.35. The van der Waals surface area contributed by atoms with Crippen molar-refractivity contribution >= 4 is 0 Å². The molecule has 2 rings (SSSR count). The molecule has 14 heavy (non-hydrogen) atoms. The summed E-state index contributed by atoms with van der Waals surface area (Å²) < 4.78 is 0. The van der Waals surface area contributed by atoms with E-state index in [4.69, 9.17) is 0 Å². The van der Waals surface area contributed by atoms with Gasteiger partial charge in [-0.1, -0.05) is 6.42 Å². The van der Waals surface area contributed by atoms with Gasteiger partial charge in [0.1, 0.15) is 5.54 Å². The zero-order valence-electron chi connectivity index (χ0n) is 9.45. The van der Waals surface area contributed by atoms with Gasteiger partial charge >= 0.3 is 0 Å². The van der Waals surface area contributed by atoms with Gasteiger partial charge < -0.3 is 0 Å². The molecule has 2 bridgehead atoms. The van der Waals surface area contributed by atoms with Gasteiger partial charge in [0, 0.05) is 0 Å². The molecule has 0 saturated heterocycles. The average Bonchev–Trinajstić information content (AvgIpc) is 2.77. The minimum Gasteiger partial charge on any atom is -0.292 e. The van der Waals surface area contributed by atoms with Gasteiger partial charge in [-0.15, -0.1) is 0 Å². The highest BCUT2D eigenvalue weighted by Gasteiger charge is 2.49. The summed E-state index contributed by atoms with van der Waals surface area (Å²) in [5.41, 5.74) is -0.236. The summed E-state index contributed by atoms with van der Waals surface area (Å²) in [4.78, 5) is 2.11. The number of nitrogens with zero attached hydrogens (tertiary/aromatic N) is 2. The van der Waals surface area contributed by atoms with Crippen LogP contribution >= 0.6 is 0 Å². The minimum atomic E-state index is -0.236. The summed E-state index contributed by atoms with van der Waals surface area (Å²) in [6.45, 7) is 2.11. The van der Waals surface area contributed by atoms with Crippen LogP contribution in [0.15, 0.2) is 0 Å². The Hall–Kier alpha value is -0.550. The number of fused-ring (bicyclic) bond motifs is 2. The number of hydrogen-bond acceptors (Lipinski definition) is 2. The van der Waals surface area contributed by atoms with Crippen molar-refractivity contribution in [3.63, 3.8) is 0 Å². The molecule has 4 unspecified atom stereocenters. The SMILES string of the molecule is CN(C)C(C)(C#N)C1CC2CCC1C2. The lowest BCUT2D eigenvalue weighted by Gasteiger charge is -2.39. The minimum absolute atomic E-state index is 0.236. The third-order valence-corrected chi connectivity index (χ3v) is 4.62. The van der Waals surface area contributed by atoms with E-state index in [1.807, 2.05) is 14.1 Å². The highest BCUT2D eigenvalue weighted by molar-refractivity contribution is 5.13. The molecular formula is C12H20N2. The summed E-state index contributed by atoms with van der Waals surface area (Å²) >= 11 is 0. The van der Waals surface area contributed by atoms with Crippen LogP contribution in [0.4, 0.5) is 0 Å². The molecule has 0 amide bonds. The Bertz CT molecular complexity index is 266. The Morgan fingerprint density at radius 2 is 2.00 bits per heavy atom. The smallest absolute Gasteiger partial charge is 0.109 e. The van der Waals surface area contributed by atoms with Crippen LogP contribution in [0.1, 0.15) is 32.6 Å². The van der Waals surface area contributed by atoms with Crippen molar-refractivity contribution in [2.45, 2.75) is 38.1 Å². The molecule has 0 aliphatic heterocycles. The summed E-state index contributed by atoms with van der Waals surface area (Å²) in [6, 6.07) is 2.53. The van der Waals surface area contributed by atoms with Gasteiger partial charge in [-0.3, -0.25) is 4.90 Å². The Labute approximate surface area is 86.9 Å². The van der Waals surface area contributed by atoms with Gasteiger partial charge in [0.05, 0.1) is 6.07 Å². The van der Waals surface area contributed by atoms with E-state index in [2.05, 4.69) is 17.9 Å². The van der Waals surface area contributed by atoms with Gasteiger partial charge in [-0.2, -0.15) is 5.26 Å². The predicted molar refractivity (Wildman–Crippen MR) is 56.6 cm³/mol. The standard InChI is InChI=1S/C12H20N2/c1-12(8-13,14(2)3)11-7-9-4-5-10(11)6-9/h9-11H,4-7H2,1-3H3. The van der Waals surface area contributed by atoms with Crippen molar-refractivity contribution in [2.24, 2.45) is 17.8 Å². The molecular weight excluding hydrogens is 172 g/mol. The number of rotatable bonds is 2. The van der Waals surface area contributed by atoms with E-state index in [0.29, 0.717) is 5.92 Å². The summed E-state index contributed by atoms with van der Waals surface area (Å²) in [7, 11) is 4.07. The first-order chi connectivity index (χ1) is 6.58. The summed E-state index contributed by atoms with van der Waals surface area (Å²) in [5.74, 6) is 2.37. The summed E-state index contributed by atoms with van der Waals surface area (Å²) in [5, 5.41) is 9.35. The summed E-state index contributed by atoms with van der Waals surface area (Å²) in [6.07, 6.45) is 5.44. The Morgan fingerprint density at radius 1 is 1.29 bits per heavy atom. The topological polar surface area (TPSA) is 27.0 Å². The maximum Gasteiger partial charge on any atom is 0.109 e. The molecule has 2 aliphatic rings. The second kappa shape index (κ2) is 3.24. The van der Waals surface area contributed by atoms with Crippen molar-refractivity contribution < 1.29 is 0 Å². The molecule has 2 saturated carbocycles. The molecule has 0 heterocycles. The molecule has 2 nitrogen and oxygen atoms in total. The molecule has 0 aromatic rings. The van der Waals surface area contributed by atoms with Gasteiger partial charge in [0.25, 0.3) is 0 Å². The third kappa shape index (κ3) is 1.26. The van der Waals surface area contributed by atoms with Crippen LogP contribution < -0.4 is 0 Å². The lowest BCUT2D eigenvalue weighted by molar-refractivity contribution is 0.110. The maximum absolute atomic E-state index is 9.35. The van der Waals surface area contributed by atoms with Crippen molar-refractivity contribution in [3.8, 4) is 6.07 Å². The Balaban J connectivity index is 2.18. The zero-order valence-corrected chi connectivity index (χ0v) is 9.45. The van der Waals surface area contributed by atoms with E-state index < -0.39 is 0 Å². The molecule has 2 aliphatic carbocycles. The zero-order chi connectivity index (χ0) is 10.3. The second-order valence-electron chi connectivity index (χ2n) is 5.44.